The van der Waals surface area contributed by atoms with Crippen LogP contribution in [0.1, 0.15) is 20.8 Å². The number of hydrogen-bond donors (Lipinski definition) is 2. The van der Waals surface area contributed by atoms with Crippen LogP contribution in [0, 0.1) is 0 Å². The van der Waals surface area contributed by atoms with Crippen LogP contribution in [0.15, 0.2) is 16.9 Å². The molecule has 0 aromatic heterocycles. The van der Waals surface area contributed by atoms with Crippen molar-refractivity contribution in [1.82, 2.24) is 5.32 Å². The maximum Gasteiger partial charge on any atom is 1.00 e. The molecule has 0 rings (SSSR count). The normalized spacial score (nSPS) is 10.2. The molecule has 0 fully saturated rings. The second-order valence-corrected chi connectivity index (χ2v) is 2.04. The Labute approximate surface area is 145 Å². The van der Waals surface area contributed by atoms with E-state index in [0.717, 1.165) is 6.20 Å². The van der Waals surface area contributed by atoms with Crippen LogP contribution in [0.2, 0.25) is 0 Å². The van der Waals surface area contributed by atoms with Gasteiger partial charge in [-0.3, -0.25) is 9.79 Å². The maximum atomic E-state index is 10.8. The van der Waals surface area contributed by atoms with E-state index in [0.29, 0.717) is 5.71 Å². The molecule has 0 bridgehead atoms. The summed E-state index contributed by atoms with van der Waals surface area (Å²) in [5.74, 6) is 0. The second kappa shape index (κ2) is 15.0. The van der Waals surface area contributed by atoms with Gasteiger partial charge in [0.15, 0.2) is 6.03 Å². The molecule has 0 atom stereocenters. The topological polar surface area (TPSA) is 98.7 Å². The fourth-order valence-corrected chi connectivity index (χ4v) is 0.545. The van der Waals surface area contributed by atoms with Gasteiger partial charge in [0.1, 0.15) is 6.41 Å². The number of nitrogens with zero attached hydrogens (tertiary/aromatic N) is 2. The Bertz CT molecular complexity index is 264. The fourth-order valence-electron chi connectivity index (χ4n) is 0.545. The van der Waals surface area contributed by atoms with Gasteiger partial charge in [0, 0.05) is 12.8 Å². The average Bonchev–Trinajstić information content (AvgIpc) is 2.28. The van der Waals surface area contributed by atoms with Gasteiger partial charge in [-0.15, -0.1) is 0 Å². The average molecular weight is 299 g/mol. The van der Waals surface area contributed by atoms with Gasteiger partial charge >= 0.3 is 58.2 Å². The molecule has 3 amide bonds. The number of hydrogen-bond acceptors (Lipinski definition) is 4. The first-order valence-electron chi connectivity index (χ1n) is 4.47. The molecule has 0 radical (unpaired) electrons. The van der Waals surface area contributed by atoms with Gasteiger partial charge in [-0.2, -0.15) is 0 Å². The van der Waals surface area contributed by atoms with Crippen LogP contribution in [-0.2, 0) is 4.79 Å². The van der Waals surface area contributed by atoms with Crippen LogP contribution in [0.3, 0.4) is 0 Å². The summed E-state index contributed by atoms with van der Waals surface area (Å²) in [5.41, 5.74) is 5.94. The molecule has 0 aromatic carbocycles. The van der Waals surface area contributed by atoms with E-state index in [1.54, 1.807) is 14.0 Å². The summed E-state index contributed by atoms with van der Waals surface area (Å²) in [6, 6.07) is -0.769. The van der Waals surface area contributed by atoms with Crippen LogP contribution in [0.25, 0.3) is 5.32 Å². The molecule has 6 nitrogen and oxygen atoms in total. The zero-order chi connectivity index (χ0) is 12.3. The number of nitrogens with two attached hydrogens (primary N) is 1. The van der Waals surface area contributed by atoms with Crippen molar-refractivity contribution >= 4 is 18.2 Å². The molecule has 0 aliphatic heterocycles. The third kappa shape index (κ3) is 10.5. The predicted octanol–water partition coefficient (Wildman–Crippen LogP) is -1.85. The number of nitrogens with one attached hydrogen (secondary N) is 1. The van der Waals surface area contributed by atoms with Crippen LogP contribution < -0.4 is 69.2 Å². The minimum atomic E-state index is -0.769. The Morgan fingerprint density at radius 3 is 2.25 bits per heavy atom. The molecular weight excluding hydrogens is 282 g/mol. The molecule has 0 heterocycles. The maximum absolute atomic E-state index is 10.8. The smallest absolute Gasteiger partial charge is 0.404 e. The number of carbonyl (C=O) groups excluding carboxylic acids is 2. The third-order valence-corrected chi connectivity index (χ3v) is 1.27. The van der Waals surface area contributed by atoms with Crippen molar-refractivity contribution in [1.29, 1.82) is 0 Å². The van der Waals surface area contributed by atoms with Crippen molar-refractivity contribution < 1.29 is 67.8 Å². The molecule has 0 unspecified atom stereocenters. The van der Waals surface area contributed by atoms with Crippen molar-refractivity contribution in [2.75, 3.05) is 7.05 Å². The van der Waals surface area contributed by atoms with Crippen molar-refractivity contribution in [2.24, 2.45) is 10.7 Å². The zero-order valence-corrected chi connectivity index (χ0v) is 15.4. The molecule has 16 heavy (non-hydrogen) atoms. The summed E-state index contributed by atoms with van der Waals surface area (Å²) in [7, 11) is 1.55. The monoisotopic (exact) mass is 298 g/mol. The van der Waals surface area contributed by atoms with Gasteiger partial charge in [0.25, 0.3) is 0 Å². The minimum absolute atomic E-state index is 0. The van der Waals surface area contributed by atoms with E-state index in [-0.39, 0.29) is 70.3 Å². The fraction of sp³-hybridized carbons (Fsp3) is 0.444. The number of rotatable bonds is 3. The first kappa shape index (κ1) is 21.3. The van der Waals surface area contributed by atoms with Crippen molar-refractivity contribution in [3.63, 3.8) is 0 Å². The zero-order valence-electron chi connectivity index (χ0n) is 10.4. The predicted molar refractivity (Wildman–Crippen MR) is 60.6 cm³/mol. The molecule has 0 saturated carbocycles. The Kier molecular flexibility index (Phi) is 19.9. The van der Waals surface area contributed by atoms with E-state index < -0.39 is 6.03 Å². The Balaban J connectivity index is -0.000000529. The summed E-state index contributed by atoms with van der Waals surface area (Å²) >= 11 is 0. The van der Waals surface area contributed by atoms with Crippen molar-refractivity contribution in [2.45, 2.75) is 20.8 Å². The third-order valence-electron chi connectivity index (χ3n) is 1.27. The largest absolute Gasteiger partial charge is 1.00 e. The first-order valence-corrected chi connectivity index (χ1v) is 4.47. The number of aliphatic imine (C=N–C) groups is 1. The van der Waals surface area contributed by atoms with Crippen molar-refractivity contribution in [3.05, 3.63) is 17.2 Å². The molecule has 0 aromatic rings. The number of imide groups is 1. The van der Waals surface area contributed by atoms with E-state index >= 15 is 0 Å². The number of amides is 3. The quantitative estimate of drug-likeness (QED) is 0.472. The number of allylic oxidation sites excluding steroid dienone is 1. The van der Waals surface area contributed by atoms with Crippen molar-refractivity contribution in [3.8, 4) is 0 Å². The van der Waals surface area contributed by atoms with Crippen LogP contribution in [0.5, 0.6) is 0 Å². The van der Waals surface area contributed by atoms with Crippen LogP contribution in [0.4, 0.5) is 4.79 Å². The van der Waals surface area contributed by atoms with Gasteiger partial charge in [-0.1, -0.05) is 13.8 Å². The first-order chi connectivity index (χ1) is 7.15. The number of urea groups is 1. The summed E-state index contributed by atoms with van der Waals surface area (Å²) in [6.07, 6.45) is 1.39. The Morgan fingerprint density at radius 1 is 1.44 bits per heavy atom. The van der Waals surface area contributed by atoms with E-state index in [2.05, 4.69) is 10.3 Å². The molecule has 86 valence electrons. The van der Waals surface area contributed by atoms with E-state index in [1.165, 1.54) is 0 Å². The summed E-state index contributed by atoms with van der Waals surface area (Å²) in [4.78, 5) is 24.4. The van der Waals surface area contributed by atoms with E-state index in [4.69, 9.17) is 5.73 Å². The number of carbonyl (C=O) groups is 2. The van der Waals surface area contributed by atoms with Gasteiger partial charge in [0.05, 0.1) is 0 Å². The van der Waals surface area contributed by atoms with Gasteiger partial charge in [-0.25, -0.2) is 0 Å². The molecule has 0 spiro atoms. The summed E-state index contributed by atoms with van der Waals surface area (Å²) < 4.78 is 0. The second-order valence-electron chi connectivity index (χ2n) is 2.04. The van der Waals surface area contributed by atoms with Gasteiger partial charge < -0.3 is 21.2 Å². The standard InChI is InChI=1S/C7H12N4O2.C2H6.Rb/c1-5(9-2)6(3-8)11-7(13)10-4-12;1-2;/h3-4H,1-2H3,(H4,8,9,10,11,12,13);1-2H3;/q;;+1/p-1. The molecule has 0 aliphatic carbocycles. The summed E-state index contributed by atoms with van der Waals surface area (Å²) in [6.45, 7) is 5.65. The van der Waals surface area contributed by atoms with E-state index in [1.807, 2.05) is 19.2 Å². The van der Waals surface area contributed by atoms with Crippen LogP contribution >= 0.6 is 0 Å². The summed E-state index contributed by atoms with van der Waals surface area (Å²) in [5, 5.41) is 5.33. The minimum Gasteiger partial charge on any atom is -0.404 e. The molecule has 0 saturated heterocycles. The van der Waals surface area contributed by atoms with Gasteiger partial charge in [-0.05, 0) is 18.8 Å². The SMILES string of the molecule is CC.CN=C(C)/C(=C\N)[N-]C(=O)NC=O.[Rb+]. The molecular formula is C9H17N4O2Rb. The van der Waals surface area contributed by atoms with E-state index in [9.17, 15) is 9.59 Å². The molecule has 7 heteroatoms. The Morgan fingerprint density at radius 2 is 1.94 bits per heavy atom. The molecule has 0 aliphatic rings. The molecule has 3 N–H and O–H groups in total. The van der Waals surface area contributed by atoms with Crippen LogP contribution in [-0.4, -0.2) is 25.2 Å². The van der Waals surface area contributed by atoms with Gasteiger partial charge in [0.2, 0.25) is 0 Å². The Hall–Kier alpha value is -0.0448.